The van der Waals surface area contributed by atoms with Crippen LogP contribution in [0, 0.1) is 12.8 Å². The fourth-order valence-electron chi connectivity index (χ4n) is 2.60. The molecule has 140 valence electrons. The maximum atomic E-state index is 12.7. The average molecular weight is 367 g/mol. The van der Waals surface area contributed by atoms with Gasteiger partial charge >= 0.3 is 6.18 Å². The number of nitrogens with one attached hydrogen (secondary N) is 1. The van der Waals surface area contributed by atoms with Crippen molar-refractivity contribution in [3.63, 3.8) is 0 Å². The number of aliphatic imine (C=N–C) groups is 1. The molecule has 5 nitrogen and oxygen atoms in total. The summed E-state index contributed by atoms with van der Waals surface area (Å²) >= 11 is 0. The highest BCUT2D eigenvalue weighted by molar-refractivity contribution is 5.81. The maximum absolute atomic E-state index is 12.7. The van der Waals surface area contributed by atoms with E-state index in [9.17, 15) is 18.0 Å². The van der Waals surface area contributed by atoms with Crippen LogP contribution in [0.25, 0.3) is 0 Å². The molecule has 1 heterocycles. The highest BCUT2D eigenvalue weighted by Gasteiger charge is 2.32. The first-order valence-corrected chi connectivity index (χ1v) is 8.41. The van der Waals surface area contributed by atoms with Gasteiger partial charge in [-0.25, -0.2) is 4.99 Å². The third-order valence-corrected chi connectivity index (χ3v) is 4.23. The van der Waals surface area contributed by atoms with Gasteiger partial charge in [0.2, 0.25) is 5.91 Å². The largest absolute Gasteiger partial charge is 0.491 e. The minimum Gasteiger partial charge on any atom is -0.491 e. The normalized spacial score (nSPS) is 19.5. The Morgan fingerprint density at radius 1 is 1.38 bits per heavy atom. The molecule has 0 radical (unpaired) electrons. The van der Waals surface area contributed by atoms with E-state index in [1.54, 1.807) is 25.4 Å². The number of carbonyl (C=O) groups excluding carboxylic acids is 1. The summed E-state index contributed by atoms with van der Waals surface area (Å²) in [5.74, 6) is 0.483. The van der Waals surface area contributed by atoms with E-state index in [-0.39, 0.29) is 18.4 Å². The molecule has 1 aromatic rings. The van der Waals surface area contributed by atoms with Crippen molar-refractivity contribution in [2.45, 2.75) is 32.2 Å². The van der Waals surface area contributed by atoms with E-state index in [1.165, 1.54) is 6.07 Å². The fraction of sp³-hybridized carbons (Fsp3) is 0.444. The second kappa shape index (κ2) is 7.39. The van der Waals surface area contributed by atoms with Gasteiger partial charge < -0.3 is 15.0 Å². The Labute approximate surface area is 149 Å². The molecule has 1 fully saturated rings. The molecule has 1 atom stereocenters. The summed E-state index contributed by atoms with van der Waals surface area (Å²) in [6.45, 7) is 2.26. The molecule has 3 rings (SSSR count). The van der Waals surface area contributed by atoms with Crippen LogP contribution in [0.4, 0.5) is 13.2 Å². The first-order valence-electron chi connectivity index (χ1n) is 8.41. The monoisotopic (exact) mass is 367 g/mol. The number of aryl methyl sites for hydroxylation is 1. The van der Waals surface area contributed by atoms with Crippen molar-refractivity contribution in [1.82, 2.24) is 10.2 Å². The van der Waals surface area contributed by atoms with Gasteiger partial charge in [-0.2, -0.15) is 13.2 Å². The van der Waals surface area contributed by atoms with Crippen molar-refractivity contribution in [2.24, 2.45) is 10.9 Å². The lowest BCUT2D eigenvalue weighted by atomic mass is 10.1. The van der Waals surface area contributed by atoms with Crippen molar-refractivity contribution in [3.8, 4) is 5.75 Å². The molecule has 0 spiro atoms. The lowest BCUT2D eigenvalue weighted by Gasteiger charge is -2.30. The second-order valence-electron chi connectivity index (χ2n) is 6.36. The van der Waals surface area contributed by atoms with Crippen LogP contribution >= 0.6 is 0 Å². The number of carbonyl (C=O) groups is 1. The summed E-state index contributed by atoms with van der Waals surface area (Å²) in [6, 6.07) is 3.40. The third kappa shape index (κ3) is 4.56. The Morgan fingerprint density at radius 2 is 2.15 bits per heavy atom. The van der Waals surface area contributed by atoms with Crippen LogP contribution in [-0.4, -0.2) is 36.5 Å². The van der Waals surface area contributed by atoms with Gasteiger partial charge in [0, 0.05) is 18.3 Å². The van der Waals surface area contributed by atoms with Gasteiger partial charge in [-0.1, -0.05) is 0 Å². The molecule has 1 aliphatic heterocycles. The number of alkyl halides is 3. The second-order valence-corrected chi connectivity index (χ2v) is 6.36. The van der Waals surface area contributed by atoms with E-state index >= 15 is 0 Å². The van der Waals surface area contributed by atoms with E-state index in [0.29, 0.717) is 17.9 Å². The molecule has 2 aliphatic rings. The highest BCUT2D eigenvalue weighted by Crippen LogP contribution is 2.32. The van der Waals surface area contributed by atoms with Gasteiger partial charge in [0.15, 0.2) is 6.29 Å². The first-order chi connectivity index (χ1) is 12.3. The summed E-state index contributed by atoms with van der Waals surface area (Å²) in [4.78, 5) is 18.0. The number of hydrogen-bond donors (Lipinski definition) is 1. The van der Waals surface area contributed by atoms with Crippen LogP contribution in [0.15, 0.2) is 35.5 Å². The van der Waals surface area contributed by atoms with Crippen LogP contribution in [0.3, 0.4) is 0 Å². The Balaban J connectivity index is 1.54. The van der Waals surface area contributed by atoms with Gasteiger partial charge in [-0.15, -0.1) is 0 Å². The number of ether oxygens (including phenoxy) is 1. The molecule has 1 saturated carbocycles. The smallest absolute Gasteiger partial charge is 0.416 e. The van der Waals surface area contributed by atoms with E-state index in [0.717, 1.165) is 25.0 Å². The minimum absolute atomic E-state index is 0.00745. The number of benzene rings is 1. The maximum Gasteiger partial charge on any atom is 0.416 e. The Kier molecular flexibility index (Phi) is 5.20. The molecule has 1 unspecified atom stereocenters. The van der Waals surface area contributed by atoms with Crippen LogP contribution in [0.5, 0.6) is 5.75 Å². The number of halogens is 3. The van der Waals surface area contributed by atoms with Crippen LogP contribution in [0.1, 0.15) is 24.0 Å². The SMILES string of the molecule is Cc1cc(C(F)(F)F)ccc1OCCN1C=CC=NC1NC(=O)C1CC1. The van der Waals surface area contributed by atoms with Crippen LogP contribution in [-0.2, 0) is 11.0 Å². The standard InChI is InChI=1S/C18H20F3N3O2/c1-12-11-14(18(19,20)21)5-6-15(12)26-10-9-24-8-2-7-22-17(24)23-16(25)13-3-4-13/h2,5-8,11,13,17H,3-4,9-10H2,1H3,(H,23,25). The predicted octanol–water partition coefficient (Wildman–Crippen LogP) is 3.10. The summed E-state index contributed by atoms with van der Waals surface area (Å²) < 4.78 is 43.7. The summed E-state index contributed by atoms with van der Waals surface area (Å²) in [5, 5.41) is 2.87. The summed E-state index contributed by atoms with van der Waals surface area (Å²) in [7, 11) is 0. The molecule has 8 heteroatoms. The number of nitrogens with zero attached hydrogens (tertiary/aromatic N) is 2. The lowest BCUT2D eigenvalue weighted by molar-refractivity contribution is -0.137. The van der Waals surface area contributed by atoms with Gasteiger partial charge in [-0.3, -0.25) is 4.79 Å². The molecule has 1 N–H and O–H groups in total. The average Bonchev–Trinajstić information content (AvgIpc) is 3.42. The topological polar surface area (TPSA) is 53.9 Å². The van der Waals surface area contributed by atoms with E-state index in [2.05, 4.69) is 10.3 Å². The quantitative estimate of drug-likeness (QED) is 0.841. The summed E-state index contributed by atoms with van der Waals surface area (Å²) in [5.41, 5.74) is -0.274. The van der Waals surface area contributed by atoms with Gasteiger partial charge in [0.25, 0.3) is 0 Å². The van der Waals surface area contributed by atoms with Crippen molar-refractivity contribution < 1.29 is 22.7 Å². The molecule has 0 aromatic heterocycles. The zero-order valence-electron chi connectivity index (χ0n) is 14.3. The number of hydrogen-bond acceptors (Lipinski definition) is 4. The predicted molar refractivity (Wildman–Crippen MR) is 90.7 cm³/mol. The number of allylic oxidation sites excluding steroid dienone is 1. The Hall–Kier alpha value is -2.51. The van der Waals surface area contributed by atoms with Gasteiger partial charge in [0.05, 0.1) is 12.1 Å². The molecular formula is C18H20F3N3O2. The fourth-order valence-corrected chi connectivity index (χ4v) is 2.60. The third-order valence-electron chi connectivity index (χ3n) is 4.23. The number of amides is 1. The minimum atomic E-state index is -4.37. The van der Waals surface area contributed by atoms with E-state index in [1.807, 2.05) is 4.90 Å². The molecule has 1 aliphatic carbocycles. The molecule has 26 heavy (non-hydrogen) atoms. The highest BCUT2D eigenvalue weighted by atomic mass is 19.4. The Bertz CT molecular complexity index is 727. The first kappa shape index (κ1) is 18.3. The van der Waals surface area contributed by atoms with Crippen molar-refractivity contribution >= 4 is 12.1 Å². The zero-order valence-corrected chi connectivity index (χ0v) is 14.3. The molecule has 1 aromatic carbocycles. The van der Waals surface area contributed by atoms with Crippen molar-refractivity contribution in [2.75, 3.05) is 13.2 Å². The number of rotatable bonds is 6. The van der Waals surface area contributed by atoms with Crippen LogP contribution in [0.2, 0.25) is 0 Å². The molecule has 0 saturated heterocycles. The van der Waals surface area contributed by atoms with Crippen LogP contribution < -0.4 is 10.1 Å². The molecule has 1 amide bonds. The van der Waals surface area contributed by atoms with Crippen molar-refractivity contribution in [3.05, 3.63) is 41.6 Å². The summed E-state index contributed by atoms with van der Waals surface area (Å²) in [6.07, 6.45) is 2.15. The van der Waals surface area contributed by atoms with E-state index < -0.39 is 18.0 Å². The molecule has 0 bridgehead atoms. The molecular weight excluding hydrogens is 347 g/mol. The van der Waals surface area contributed by atoms with Gasteiger partial charge in [-0.05, 0) is 49.6 Å². The zero-order chi connectivity index (χ0) is 18.7. The van der Waals surface area contributed by atoms with Crippen molar-refractivity contribution in [1.29, 1.82) is 0 Å². The van der Waals surface area contributed by atoms with E-state index in [4.69, 9.17) is 4.74 Å². The van der Waals surface area contributed by atoms with Gasteiger partial charge in [0.1, 0.15) is 12.4 Å². The lowest BCUT2D eigenvalue weighted by Crippen LogP contribution is -2.47. The Morgan fingerprint density at radius 3 is 2.81 bits per heavy atom.